The SMILES string of the molecule is CCOc1cc([C@@H]2C3=C(C[C@H](c4ccc(OC)cc4)CC3=O)Nc3ccccc3N2C(=O)c2cc(OC)c(OC)c(OC)c2)ccc1OCc1ccc(Cl)cc1. The van der Waals surface area contributed by atoms with Crippen molar-refractivity contribution in [2.45, 2.75) is 38.3 Å². The van der Waals surface area contributed by atoms with Gasteiger partial charge in [0.25, 0.3) is 5.91 Å². The molecule has 0 aromatic heterocycles. The number of allylic oxidation sites excluding steroid dienone is 1. The average Bonchev–Trinajstić information content (AvgIpc) is 3.38. The van der Waals surface area contributed by atoms with E-state index in [9.17, 15) is 4.79 Å². The zero-order valence-corrected chi connectivity index (χ0v) is 32.6. The molecule has 2 atom stereocenters. The van der Waals surface area contributed by atoms with Crippen molar-refractivity contribution in [1.29, 1.82) is 0 Å². The highest BCUT2D eigenvalue weighted by Gasteiger charge is 2.42. The number of halogens is 1. The van der Waals surface area contributed by atoms with Crippen molar-refractivity contribution in [3.63, 3.8) is 0 Å². The van der Waals surface area contributed by atoms with Crippen molar-refractivity contribution in [2.24, 2.45) is 0 Å². The highest BCUT2D eigenvalue weighted by atomic mass is 35.5. The van der Waals surface area contributed by atoms with Crippen molar-refractivity contribution in [2.75, 3.05) is 45.3 Å². The summed E-state index contributed by atoms with van der Waals surface area (Å²) in [5.74, 6) is 2.17. The zero-order valence-electron chi connectivity index (χ0n) is 31.9. The monoisotopic (exact) mass is 774 g/mol. The summed E-state index contributed by atoms with van der Waals surface area (Å²) in [6, 6.07) is 30.8. The molecule has 288 valence electrons. The molecule has 0 saturated heterocycles. The van der Waals surface area contributed by atoms with Crippen molar-refractivity contribution in [3.05, 3.63) is 142 Å². The minimum Gasteiger partial charge on any atom is -0.497 e. The van der Waals surface area contributed by atoms with Crippen molar-refractivity contribution in [3.8, 4) is 34.5 Å². The smallest absolute Gasteiger partial charge is 0.259 e. The summed E-state index contributed by atoms with van der Waals surface area (Å²) in [4.78, 5) is 31.7. The lowest BCUT2D eigenvalue weighted by Crippen LogP contribution is -2.38. The summed E-state index contributed by atoms with van der Waals surface area (Å²) in [5.41, 5.74) is 5.38. The van der Waals surface area contributed by atoms with Crippen LogP contribution in [-0.2, 0) is 11.4 Å². The van der Waals surface area contributed by atoms with Crippen LogP contribution in [0.5, 0.6) is 34.5 Å². The highest BCUT2D eigenvalue weighted by Crippen LogP contribution is 2.50. The van der Waals surface area contributed by atoms with Gasteiger partial charge in [-0.15, -0.1) is 0 Å². The van der Waals surface area contributed by atoms with E-state index in [1.807, 2.05) is 97.9 Å². The number of carbonyl (C=O) groups excluding carboxylic acids is 2. The summed E-state index contributed by atoms with van der Waals surface area (Å²) in [6.07, 6.45) is 0.775. The zero-order chi connectivity index (χ0) is 39.3. The molecule has 56 heavy (non-hydrogen) atoms. The molecule has 0 saturated carbocycles. The Morgan fingerprint density at radius 1 is 0.750 bits per heavy atom. The number of amides is 1. The van der Waals surface area contributed by atoms with E-state index in [1.165, 1.54) is 21.3 Å². The lowest BCUT2D eigenvalue weighted by molar-refractivity contribution is -0.116. The Hall–Kier alpha value is -6.13. The fourth-order valence-electron chi connectivity index (χ4n) is 7.41. The average molecular weight is 775 g/mol. The van der Waals surface area contributed by atoms with Crippen LogP contribution in [0.25, 0.3) is 0 Å². The molecule has 1 aliphatic carbocycles. The van der Waals surface area contributed by atoms with Crippen LogP contribution >= 0.6 is 11.6 Å². The largest absolute Gasteiger partial charge is 0.497 e. The molecule has 1 amide bonds. The van der Waals surface area contributed by atoms with Crippen LogP contribution in [0, 0.1) is 0 Å². The first-order valence-electron chi connectivity index (χ1n) is 18.3. The third kappa shape index (κ3) is 7.57. The number of nitrogens with one attached hydrogen (secondary N) is 1. The summed E-state index contributed by atoms with van der Waals surface area (Å²) in [6.45, 7) is 2.54. The summed E-state index contributed by atoms with van der Waals surface area (Å²) in [7, 11) is 6.14. The predicted molar refractivity (Wildman–Crippen MR) is 216 cm³/mol. The van der Waals surface area contributed by atoms with Crippen LogP contribution in [0.1, 0.15) is 58.8 Å². The molecule has 0 fully saturated rings. The van der Waals surface area contributed by atoms with E-state index in [0.29, 0.717) is 69.3 Å². The van der Waals surface area contributed by atoms with Gasteiger partial charge in [-0.1, -0.05) is 54.1 Å². The quantitative estimate of drug-likeness (QED) is 0.133. The lowest BCUT2D eigenvalue weighted by atomic mass is 9.78. The van der Waals surface area contributed by atoms with Gasteiger partial charge >= 0.3 is 0 Å². The van der Waals surface area contributed by atoms with E-state index in [1.54, 1.807) is 24.1 Å². The van der Waals surface area contributed by atoms with Gasteiger partial charge in [-0.05, 0) is 96.6 Å². The number of anilines is 2. The van der Waals surface area contributed by atoms with Gasteiger partial charge in [0.15, 0.2) is 28.8 Å². The van der Waals surface area contributed by atoms with Crippen LogP contribution in [0.2, 0.25) is 5.02 Å². The topological polar surface area (TPSA) is 105 Å². The number of Topliss-reactive ketones (excluding diaryl/α,β-unsaturated/α-hetero) is 1. The third-order valence-electron chi connectivity index (χ3n) is 10.1. The fraction of sp³-hybridized carbons (Fsp3) is 0.244. The van der Waals surface area contributed by atoms with Gasteiger partial charge in [-0.3, -0.25) is 14.5 Å². The number of fused-ring (bicyclic) bond motifs is 1. The Balaban J connectivity index is 1.40. The second-order valence-corrected chi connectivity index (χ2v) is 13.8. The van der Waals surface area contributed by atoms with E-state index in [0.717, 1.165) is 22.6 Å². The molecule has 0 spiro atoms. The first-order valence-corrected chi connectivity index (χ1v) is 18.7. The number of benzene rings is 5. The number of nitrogens with zero attached hydrogens (tertiary/aromatic N) is 1. The molecule has 0 radical (unpaired) electrons. The molecule has 7 rings (SSSR count). The molecular formula is C45H43ClN2O8. The van der Waals surface area contributed by atoms with Crippen LogP contribution in [0.4, 0.5) is 11.4 Å². The lowest BCUT2D eigenvalue weighted by Gasteiger charge is -2.35. The van der Waals surface area contributed by atoms with E-state index < -0.39 is 6.04 Å². The van der Waals surface area contributed by atoms with Crippen molar-refractivity contribution >= 4 is 34.7 Å². The molecule has 1 N–H and O–H groups in total. The highest BCUT2D eigenvalue weighted by molar-refractivity contribution is 6.30. The molecule has 1 heterocycles. The maximum Gasteiger partial charge on any atom is 0.259 e. The van der Waals surface area contributed by atoms with Gasteiger partial charge < -0.3 is 33.7 Å². The summed E-state index contributed by atoms with van der Waals surface area (Å²) in [5, 5.41) is 4.25. The molecule has 10 nitrogen and oxygen atoms in total. The van der Waals surface area contributed by atoms with Gasteiger partial charge in [0.05, 0.1) is 52.5 Å². The van der Waals surface area contributed by atoms with E-state index >= 15 is 4.79 Å². The second-order valence-electron chi connectivity index (χ2n) is 13.4. The van der Waals surface area contributed by atoms with Crippen LogP contribution < -0.4 is 38.6 Å². The Morgan fingerprint density at radius 3 is 2.11 bits per heavy atom. The normalized spacial score (nSPS) is 16.2. The number of hydrogen-bond acceptors (Lipinski definition) is 9. The molecule has 0 bridgehead atoms. The second kappa shape index (κ2) is 16.7. The molecule has 5 aromatic carbocycles. The minimum absolute atomic E-state index is 0.0823. The number of methoxy groups -OCH3 is 4. The molecule has 0 unspecified atom stereocenters. The van der Waals surface area contributed by atoms with E-state index in [-0.39, 0.29) is 36.2 Å². The Labute approximate surface area is 331 Å². The number of carbonyl (C=O) groups is 2. The van der Waals surface area contributed by atoms with Gasteiger partial charge in [0.2, 0.25) is 5.75 Å². The summed E-state index contributed by atoms with van der Waals surface area (Å²) >= 11 is 6.11. The van der Waals surface area contributed by atoms with Crippen LogP contribution in [0.15, 0.2) is 114 Å². The van der Waals surface area contributed by atoms with Gasteiger partial charge in [0.1, 0.15) is 12.4 Å². The predicted octanol–water partition coefficient (Wildman–Crippen LogP) is 9.57. The number of rotatable bonds is 12. The first-order chi connectivity index (χ1) is 27.3. The van der Waals surface area contributed by atoms with Gasteiger partial charge in [-0.25, -0.2) is 0 Å². The van der Waals surface area contributed by atoms with Crippen LogP contribution in [0.3, 0.4) is 0 Å². The third-order valence-corrected chi connectivity index (χ3v) is 10.3. The maximum atomic E-state index is 15.3. The van der Waals surface area contributed by atoms with Crippen molar-refractivity contribution in [1.82, 2.24) is 0 Å². The number of ether oxygens (including phenoxy) is 6. The van der Waals surface area contributed by atoms with Gasteiger partial charge in [-0.2, -0.15) is 0 Å². The van der Waals surface area contributed by atoms with E-state index in [2.05, 4.69) is 5.32 Å². The molecule has 1 aliphatic heterocycles. The fourth-order valence-corrected chi connectivity index (χ4v) is 7.53. The Morgan fingerprint density at radius 2 is 1.45 bits per heavy atom. The van der Waals surface area contributed by atoms with Crippen molar-refractivity contribution < 1.29 is 38.0 Å². The maximum absolute atomic E-state index is 15.3. The standard InChI is InChI=1S/C45H43ClN2O8/c1-6-55-39-23-29(15-20-38(39)56-26-27-11-16-32(46)17-12-27)43-42-35(21-30(22-37(42)49)28-13-18-33(51-2)19-14-28)47-34-9-7-8-10-36(34)48(43)45(50)31-24-40(52-3)44(54-5)41(25-31)53-4/h7-20,23-25,30,43,47H,6,21-22,26H2,1-5H3/t30-,43+/m0/s1. The van der Waals surface area contributed by atoms with Gasteiger partial charge in [0, 0.05) is 28.3 Å². The number of ketones is 1. The number of hydrogen-bond donors (Lipinski definition) is 1. The molecular weight excluding hydrogens is 732 g/mol. The van der Waals surface area contributed by atoms with Crippen LogP contribution in [-0.4, -0.2) is 46.7 Å². The molecule has 2 aliphatic rings. The van der Waals surface area contributed by atoms with E-state index in [4.69, 9.17) is 40.0 Å². The Bertz CT molecular complexity index is 2250. The minimum atomic E-state index is -0.874. The first kappa shape index (κ1) is 38.2. The summed E-state index contributed by atoms with van der Waals surface area (Å²) < 4.78 is 34.7. The number of para-hydroxylation sites is 2. The molecule has 5 aromatic rings. The molecule has 11 heteroatoms. The Kier molecular flexibility index (Phi) is 11.4.